The number of thioether (sulfide) groups is 1. The molecular weight excluding hydrogens is 315 g/mol. The summed E-state index contributed by atoms with van der Waals surface area (Å²) >= 11 is 5.42. The number of likely N-dealkylation sites (N-methyl/N-ethyl adjacent to an activating group) is 1. The van der Waals surface area contributed by atoms with Gasteiger partial charge in [0, 0.05) is 12.1 Å². The molecule has 20 heavy (non-hydrogen) atoms. The third-order valence-electron chi connectivity index (χ3n) is 2.28. The molecule has 0 radical (unpaired) electrons. The van der Waals surface area contributed by atoms with E-state index in [2.05, 4.69) is 0 Å². The first kappa shape index (κ1) is 17.0. The van der Waals surface area contributed by atoms with E-state index in [-0.39, 0.29) is 24.9 Å². The molecule has 3 nitrogen and oxygen atoms in total. The van der Waals surface area contributed by atoms with E-state index in [0.717, 1.165) is 0 Å². The third-order valence-corrected chi connectivity index (χ3v) is 3.23. The number of hydrogen-bond acceptors (Lipinski definition) is 3. The predicted molar refractivity (Wildman–Crippen MR) is 73.1 cm³/mol. The Balaban J connectivity index is 2.29. The Morgan fingerprint density at radius 2 is 2.15 bits per heavy atom. The fourth-order valence-corrected chi connectivity index (χ4v) is 1.92. The van der Waals surface area contributed by atoms with Gasteiger partial charge in [-0.2, -0.15) is 13.2 Å². The highest BCUT2D eigenvalue weighted by Gasteiger charge is 2.29. The van der Waals surface area contributed by atoms with Crippen LogP contribution in [0.2, 0.25) is 5.02 Å². The van der Waals surface area contributed by atoms with Gasteiger partial charge in [-0.15, -0.1) is 0 Å². The van der Waals surface area contributed by atoms with E-state index in [1.165, 1.54) is 11.9 Å². The minimum Gasteiger partial charge on any atom is -0.492 e. The molecule has 0 N–H and O–H groups in total. The molecule has 0 atom stereocenters. The molecule has 1 rings (SSSR count). The number of hydrogen-bond donors (Lipinski definition) is 0. The summed E-state index contributed by atoms with van der Waals surface area (Å²) in [4.78, 5) is 12.6. The van der Waals surface area contributed by atoms with Crippen molar-refractivity contribution in [2.45, 2.75) is 5.51 Å². The lowest BCUT2D eigenvalue weighted by molar-refractivity contribution is -0.127. The molecule has 0 saturated carbocycles. The molecule has 0 spiro atoms. The van der Waals surface area contributed by atoms with Crippen LogP contribution >= 0.6 is 23.4 Å². The van der Waals surface area contributed by atoms with Crippen molar-refractivity contribution in [2.24, 2.45) is 0 Å². The van der Waals surface area contributed by atoms with Crippen LogP contribution in [0.25, 0.3) is 0 Å². The zero-order valence-electron chi connectivity index (χ0n) is 10.6. The summed E-state index contributed by atoms with van der Waals surface area (Å²) in [5.74, 6) is -0.679. The molecule has 8 heteroatoms. The van der Waals surface area contributed by atoms with E-state index >= 15 is 0 Å². The van der Waals surface area contributed by atoms with E-state index < -0.39 is 17.2 Å². The quantitative estimate of drug-likeness (QED) is 0.801. The Morgan fingerprint density at radius 1 is 1.45 bits per heavy atom. The van der Waals surface area contributed by atoms with Crippen molar-refractivity contribution in [1.82, 2.24) is 4.90 Å². The van der Waals surface area contributed by atoms with Crippen LogP contribution in [-0.4, -0.2) is 42.3 Å². The summed E-state index contributed by atoms with van der Waals surface area (Å²) in [6.07, 6.45) is 0. The van der Waals surface area contributed by atoms with Crippen molar-refractivity contribution >= 4 is 29.3 Å². The molecule has 0 heterocycles. The summed E-state index contributed by atoms with van der Waals surface area (Å²) in [5, 5.41) is 0.522. The number of alkyl halides is 3. The maximum atomic E-state index is 11.9. The molecule has 0 aromatic heterocycles. The number of ether oxygens (including phenoxy) is 1. The summed E-state index contributed by atoms with van der Waals surface area (Å²) in [7, 11) is 1.43. The van der Waals surface area contributed by atoms with E-state index in [4.69, 9.17) is 16.3 Å². The van der Waals surface area contributed by atoms with Crippen LogP contribution in [-0.2, 0) is 4.79 Å². The van der Waals surface area contributed by atoms with E-state index in [0.29, 0.717) is 10.8 Å². The van der Waals surface area contributed by atoms with Crippen LogP contribution in [0.5, 0.6) is 5.75 Å². The third kappa shape index (κ3) is 6.91. The smallest absolute Gasteiger partial charge is 0.442 e. The molecular formula is C12H13ClF3NO2S. The molecule has 112 valence electrons. The van der Waals surface area contributed by atoms with Crippen molar-refractivity contribution in [2.75, 3.05) is 26.0 Å². The lowest BCUT2D eigenvalue weighted by atomic mass is 10.3. The van der Waals surface area contributed by atoms with Crippen LogP contribution < -0.4 is 4.74 Å². The Morgan fingerprint density at radius 3 is 2.75 bits per heavy atom. The van der Waals surface area contributed by atoms with Gasteiger partial charge in [-0.25, -0.2) is 0 Å². The predicted octanol–water partition coefficient (Wildman–Crippen LogP) is 3.43. The fourth-order valence-electron chi connectivity index (χ4n) is 1.24. The Bertz CT molecular complexity index is 457. The number of nitrogens with zero attached hydrogens (tertiary/aromatic N) is 1. The van der Waals surface area contributed by atoms with Crippen LogP contribution in [0.3, 0.4) is 0 Å². The highest BCUT2D eigenvalue weighted by Crippen LogP contribution is 2.29. The largest absolute Gasteiger partial charge is 0.492 e. The number of carbonyl (C=O) groups is 1. The number of benzene rings is 1. The SMILES string of the molecule is CN(CCOc1cccc(Cl)c1)C(=O)CSC(F)(F)F. The van der Waals surface area contributed by atoms with Crippen molar-refractivity contribution < 1.29 is 22.7 Å². The molecule has 0 fully saturated rings. The number of rotatable bonds is 6. The zero-order chi connectivity index (χ0) is 15.2. The van der Waals surface area contributed by atoms with Gasteiger partial charge in [0.05, 0.1) is 12.3 Å². The Labute approximate surface area is 124 Å². The van der Waals surface area contributed by atoms with E-state index in [9.17, 15) is 18.0 Å². The highest BCUT2D eigenvalue weighted by atomic mass is 35.5. The van der Waals surface area contributed by atoms with Gasteiger partial charge in [0.15, 0.2) is 0 Å². The summed E-state index contributed by atoms with van der Waals surface area (Å²) in [6, 6.07) is 6.72. The average Bonchev–Trinajstić information content (AvgIpc) is 2.35. The number of amides is 1. The van der Waals surface area contributed by atoms with Crippen molar-refractivity contribution in [3.63, 3.8) is 0 Å². The van der Waals surface area contributed by atoms with Crippen LogP contribution in [0.15, 0.2) is 24.3 Å². The average molecular weight is 328 g/mol. The standard InChI is InChI=1S/C12H13ClF3NO2S/c1-17(11(18)8-20-12(14,15)16)5-6-19-10-4-2-3-9(13)7-10/h2-4,7H,5-6,8H2,1H3. The second-order valence-corrected chi connectivity index (χ2v) is 5.33. The van der Waals surface area contributed by atoms with Crippen molar-refractivity contribution in [1.29, 1.82) is 0 Å². The molecule has 0 unspecified atom stereocenters. The Hall–Kier alpha value is -1.08. The number of carbonyl (C=O) groups excluding carboxylic acids is 1. The van der Waals surface area contributed by atoms with Gasteiger partial charge in [0.25, 0.3) is 0 Å². The van der Waals surface area contributed by atoms with Gasteiger partial charge in [-0.1, -0.05) is 17.7 Å². The second-order valence-electron chi connectivity index (χ2n) is 3.86. The molecule has 1 aromatic rings. The van der Waals surface area contributed by atoms with Gasteiger partial charge in [0.1, 0.15) is 12.4 Å². The van der Waals surface area contributed by atoms with E-state index in [1.807, 2.05) is 0 Å². The van der Waals surface area contributed by atoms with Crippen molar-refractivity contribution in [3.8, 4) is 5.75 Å². The molecule has 1 amide bonds. The molecule has 0 aliphatic heterocycles. The van der Waals surface area contributed by atoms with Crippen LogP contribution in [0.1, 0.15) is 0 Å². The van der Waals surface area contributed by atoms with Gasteiger partial charge in [-0.05, 0) is 30.0 Å². The minimum absolute atomic E-state index is 0.180. The monoisotopic (exact) mass is 327 g/mol. The lowest BCUT2D eigenvalue weighted by Gasteiger charge is -2.17. The highest BCUT2D eigenvalue weighted by molar-refractivity contribution is 8.00. The maximum absolute atomic E-state index is 11.9. The van der Waals surface area contributed by atoms with Gasteiger partial charge >= 0.3 is 5.51 Å². The minimum atomic E-state index is -4.40. The van der Waals surface area contributed by atoms with Crippen LogP contribution in [0.4, 0.5) is 13.2 Å². The molecule has 1 aromatic carbocycles. The zero-order valence-corrected chi connectivity index (χ0v) is 12.2. The lowest BCUT2D eigenvalue weighted by Crippen LogP contribution is -2.32. The summed E-state index contributed by atoms with van der Waals surface area (Å²) in [6.45, 7) is 0.378. The number of halogens is 4. The van der Waals surface area contributed by atoms with Crippen LogP contribution in [0, 0.1) is 0 Å². The van der Waals surface area contributed by atoms with E-state index in [1.54, 1.807) is 24.3 Å². The topological polar surface area (TPSA) is 29.5 Å². The molecule has 0 bridgehead atoms. The first-order chi connectivity index (χ1) is 9.28. The first-order valence-corrected chi connectivity index (χ1v) is 6.97. The van der Waals surface area contributed by atoms with Gasteiger partial charge in [-0.3, -0.25) is 4.79 Å². The molecule has 0 aliphatic carbocycles. The van der Waals surface area contributed by atoms with Gasteiger partial charge < -0.3 is 9.64 Å². The summed E-state index contributed by atoms with van der Waals surface area (Å²) < 4.78 is 41.2. The molecule has 0 saturated heterocycles. The maximum Gasteiger partial charge on any atom is 0.442 e. The van der Waals surface area contributed by atoms with Gasteiger partial charge in [0.2, 0.25) is 5.91 Å². The molecule has 0 aliphatic rings. The summed E-state index contributed by atoms with van der Waals surface area (Å²) in [5.41, 5.74) is -4.40. The normalized spacial score (nSPS) is 11.2. The first-order valence-electron chi connectivity index (χ1n) is 5.61. The fraction of sp³-hybridized carbons (Fsp3) is 0.417. The Kier molecular flexibility index (Phi) is 6.48. The van der Waals surface area contributed by atoms with Crippen molar-refractivity contribution in [3.05, 3.63) is 29.3 Å². The second kappa shape index (κ2) is 7.64.